The fraction of sp³-hybridized carbons (Fsp3) is 0.273. The van der Waals surface area contributed by atoms with E-state index in [1.54, 1.807) is 4.57 Å². The molecule has 0 amide bonds. The van der Waals surface area contributed by atoms with Crippen molar-refractivity contribution in [2.24, 2.45) is 0 Å². The Kier molecular flexibility index (Phi) is 5.33. The molecule has 0 aliphatic carbocycles. The van der Waals surface area contributed by atoms with Crippen LogP contribution in [0.25, 0.3) is 22.3 Å². The summed E-state index contributed by atoms with van der Waals surface area (Å²) in [5.74, 6) is 2.72. The molecular weight excluding hydrogens is 416 g/mol. The molecule has 0 radical (unpaired) electrons. The Morgan fingerprint density at radius 2 is 1.97 bits per heavy atom. The van der Waals surface area contributed by atoms with Gasteiger partial charge in [-0.05, 0) is 36.8 Å². The number of aromatic nitrogens is 4. The fourth-order valence-electron chi connectivity index (χ4n) is 3.36. The van der Waals surface area contributed by atoms with E-state index in [0.717, 1.165) is 18.4 Å². The van der Waals surface area contributed by atoms with Crippen molar-refractivity contribution in [3.63, 3.8) is 0 Å². The van der Waals surface area contributed by atoms with Crippen molar-refractivity contribution >= 4 is 22.7 Å². The first-order valence-corrected chi connectivity index (χ1v) is 11.1. The number of unbranched alkanes of at least 4 members (excludes halogenated alkanes) is 1. The zero-order valence-corrected chi connectivity index (χ0v) is 17.7. The molecule has 0 fully saturated rings. The normalized spacial score (nSPS) is 12.5. The quantitative estimate of drug-likeness (QED) is 0.313. The van der Waals surface area contributed by atoms with Gasteiger partial charge in [-0.15, -0.1) is 0 Å². The third kappa shape index (κ3) is 3.88. The van der Waals surface area contributed by atoms with Crippen molar-refractivity contribution < 1.29 is 14.0 Å². The van der Waals surface area contributed by atoms with Crippen LogP contribution >= 0.6 is 11.8 Å². The topological polar surface area (TPSA) is 92.3 Å². The van der Waals surface area contributed by atoms with Crippen LogP contribution in [0.1, 0.15) is 25.7 Å². The van der Waals surface area contributed by atoms with E-state index in [4.69, 9.17) is 19.0 Å². The molecule has 0 saturated carbocycles. The molecule has 5 rings (SSSR count). The molecule has 0 saturated heterocycles. The van der Waals surface area contributed by atoms with Crippen molar-refractivity contribution in [3.05, 3.63) is 58.7 Å². The van der Waals surface area contributed by atoms with E-state index < -0.39 is 0 Å². The molecule has 2 aromatic carbocycles. The second-order valence-corrected chi connectivity index (χ2v) is 8.03. The minimum absolute atomic E-state index is 0.0203. The van der Waals surface area contributed by atoms with Crippen LogP contribution in [0.3, 0.4) is 0 Å². The zero-order valence-electron chi connectivity index (χ0n) is 16.9. The number of para-hydroxylation sites is 1. The van der Waals surface area contributed by atoms with Gasteiger partial charge in [-0.3, -0.25) is 9.36 Å². The van der Waals surface area contributed by atoms with E-state index in [0.29, 0.717) is 51.6 Å². The van der Waals surface area contributed by atoms with Gasteiger partial charge >= 0.3 is 0 Å². The van der Waals surface area contributed by atoms with E-state index in [9.17, 15) is 4.79 Å². The van der Waals surface area contributed by atoms with E-state index in [-0.39, 0.29) is 12.4 Å². The van der Waals surface area contributed by atoms with E-state index >= 15 is 0 Å². The number of fused-ring (bicyclic) bond motifs is 2. The van der Waals surface area contributed by atoms with Crippen LogP contribution in [-0.4, -0.2) is 26.5 Å². The second kappa shape index (κ2) is 8.43. The highest BCUT2D eigenvalue weighted by atomic mass is 32.2. The summed E-state index contributed by atoms with van der Waals surface area (Å²) in [7, 11) is 0. The average Bonchev–Trinajstić information content (AvgIpc) is 3.46. The minimum Gasteiger partial charge on any atom is -0.454 e. The van der Waals surface area contributed by atoms with Gasteiger partial charge < -0.3 is 14.0 Å². The molecule has 1 aliphatic rings. The molecular formula is C22H20N4O4S. The van der Waals surface area contributed by atoms with E-state index in [1.165, 1.54) is 11.8 Å². The van der Waals surface area contributed by atoms with Crippen molar-refractivity contribution in [3.8, 4) is 22.9 Å². The van der Waals surface area contributed by atoms with Crippen molar-refractivity contribution in [1.82, 2.24) is 19.7 Å². The second-order valence-electron chi connectivity index (χ2n) is 7.09. The fourth-order valence-corrected chi connectivity index (χ4v) is 4.23. The number of thioether (sulfide) groups is 1. The van der Waals surface area contributed by atoms with Gasteiger partial charge in [-0.1, -0.05) is 42.4 Å². The van der Waals surface area contributed by atoms with Gasteiger partial charge in [0.05, 0.1) is 16.7 Å². The van der Waals surface area contributed by atoms with Crippen molar-refractivity contribution in [2.45, 2.75) is 37.2 Å². The number of hydrogen-bond donors (Lipinski definition) is 0. The van der Waals surface area contributed by atoms with Crippen LogP contribution in [0.2, 0.25) is 0 Å². The Morgan fingerprint density at radius 3 is 2.87 bits per heavy atom. The zero-order chi connectivity index (χ0) is 21.2. The molecule has 31 heavy (non-hydrogen) atoms. The number of benzene rings is 2. The lowest BCUT2D eigenvalue weighted by molar-refractivity contribution is 0.174. The maximum absolute atomic E-state index is 13.0. The third-order valence-corrected chi connectivity index (χ3v) is 5.95. The van der Waals surface area contributed by atoms with E-state index in [2.05, 4.69) is 17.1 Å². The van der Waals surface area contributed by atoms with Crippen molar-refractivity contribution in [1.29, 1.82) is 0 Å². The highest BCUT2D eigenvalue weighted by Gasteiger charge is 2.17. The molecule has 158 valence electrons. The number of ether oxygens (including phenoxy) is 2. The molecule has 0 spiro atoms. The molecule has 8 nitrogen and oxygen atoms in total. The number of nitrogens with zero attached hydrogens (tertiary/aromatic N) is 4. The highest BCUT2D eigenvalue weighted by Crippen LogP contribution is 2.35. The molecule has 3 heterocycles. The van der Waals surface area contributed by atoms with Gasteiger partial charge in [-0.2, -0.15) is 4.98 Å². The molecule has 4 aromatic rings. The molecule has 9 heteroatoms. The van der Waals surface area contributed by atoms with Crippen LogP contribution in [0.4, 0.5) is 0 Å². The highest BCUT2D eigenvalue weighted by molar-refractivity contribution is 7.98. The van der Waals surface area contributed by atoms with Crippen LogP contribution in [0.15, 0.2) is 56.9 Å². The lowest BCUT2D eigenvalue weighted by Gasteiger charge is -2.12. The average molecular weight is 436 g/mol. The largest absolute Gasteiger partial charge is 0.454 e. The van der Waals surface area contributed by atoms with Gasteiger partial charge in [0.1, 0.15) is 0 Å². The van der Waals surface area contributed by atoms with Crippen molar-refractivity contribution in [2.75, 3.05) is 6.79 Å². The summed E-state index contributed by atoms with van der Waals surface area (Å²) >= 11 is 1.42. The Hall–Kier alpha value is -3.33. The SMILES string of the molecule is CCCCn1c(SCc2nc(-c3ccc4c(c3)OCO4)no2)nc2ccccc2c1=O. The molecule has 0 unspecified atom stereocenters. The van der Waals surface area contributed by atoms with Crippen LogP contribution in [-0.2, 0) is 12.3 Å². The standard InChI is InChI=1S/C22H20N4O4S/c1-2-3-10-26-21(27)15-6-4-5-7-16(15)23-22(26)31-12-19-24-20(25-30-19)14-8-9-17-18(11-14)29-13-28-17/h4-9,11H,2-3,10,12-13H2,1H3. The summed E-state index contributed by atoms with van der Waals surface area (Å²) in [4.78, 5) is 22.2. The van der Waals surface area contributed by atoms with Crippen LogP contribution in [0.5, 0.6) is 11.5 Å². The number of rotatable bonds is 7. The van der Waals surface area contributed by atoms with Gasteiger partial charge in [0.15, 0.2) is 16.7 Å². The molecule has 0 N–H and O–H groups in total. The third-order valence-electron chi connectivity index (χ3n) is 4.99. The number of hydrogen-bond acceptors (Lipinski definition) is 8. The summed E-state index contributed by atoms with van der Waals surface area (Å²) in [6, 6.07) is 12.9. The predicted molar refractivity (Wildman–Crippen MR) is 116 cm³/mol. The van der Waals surface area contributed by atoms with E-state index in [1.807, 2.05) is 42.5 Å². The summed E-state index contributed by atoms with van der Waals surface area (Å²) < 4.78 is 17.9. The summed E-state index contributed by atoms with van der Waals surface area (Å²) in [6.45, 7) is 2.94. The van der Waals surface area contributed by atoms with Gasteiger partial charge in [0.2, 0.25) is 18.5 Å². The van der Waals surface area contributed by atoms with Gasteiger partial charge in [0, 0.05) is 12.1 Å². The van der Waals surface area contributed by atoms with Crippen LogP contribution < -0.4 is 15.0 Å². The maximum Gasteiger partial charge on any atom is 0.262 e. The summed E-state index contributed by atoms with van der Waals surface area (Å²) in [5, 5.41) is 5.36. The Labute approximate surface area is 182 Å². The first-order chi connectivity index (χ1) is 15.2. The Morgan fingerprint density at radius 1 is 1.10 bits per heavy atom. The molecule has 0 bridgehead atoms. The lowest BCUT2D eigenvalue weighted by Crippen LogP contribution is -2.23. The maximum atomic E-state index is 13.0. The smallest absolute Gasteiger partial charge is 0.262 e. The first kappa shape index (κ1) is 19.6. The monoisotopic (exact) mass is 436 g/mol. The Balaban J connectivity index is 1.39. The predicted octanol–water partition coefficient (Wildman–Crippen LogP) is 4.27. The minimum atomic E-state index is -0.0203. The summed E-state index contributed by atoms with van der Waals surface area (Å²) in [6.07, 6.45) is 1.90. The molecule has 1 aliphatic heterocycles. The summed E-state index contributed by atoms with van der Waals surface area (Å²) in [5.41, 5.74) is 1.45. The Bertz CT molecular complexity index is 1300. The van der Waals surface area contributed by atoms with Gasteiger partial charge in [0.25, 0.3) is 5.56 Å². The van der Waals surface area contributed by atoms with Crippen LogP contribution in [0, 0.1) is 0 Å². The first-order valence-electron chi connectivity index (χ1n) is 10.1. The molecule has 0 atom stereocenters. The lowest BCUT2D eigenvalue weighted by atomic mass is 10.2. The molecule has 2 aromatic heterocycles. The van der Waals surface area contributed by atoms with Gasteiger partial charge in [-0.25, -0.2) is 4.98 Å².